The molecule has 1 aliphatic rings. The van der Waals surface area contributed by atoms with E-state index in [-0.39, 0.29) is 5.78 Å². The van der Waals surface area contributed by atoms with Gasteiger partial charge in [0.15, 0.2) is 5.78 Å². The van der Waals surface area contributed by atoms with Crippen LogP contribution in [0.4, 0.5) is 0 Å². The molecule has 0 unspecified atom stereocenters. The van der Waals surface area contributed by atoms with Gasteiger partial charge in [0, 0.05) is 17.4 Å². The van der Waals surface area contributed by atoms with Crippen LogP contribution in [0.3, 0.4) is 0 Å². The van der Waals surface area contributed by atoms with Crippen LogP contribution in [0.25, 0.3) is 22.2 Å². The Labute approximate surface area is 172 Å². The number of benzene rings is 2. The fourth-order valence-corrected chi connectivity index (χ4v) is 4.39. The van der Waals surface area contributed by atoms with Gasteiger partial charge in [0.05, 0.1) is 17.0 Å². The van der Waals surface area contributed by atoms with Crippen LogP contribution in [0.2, 0.25) is 0 Å². The zero-order valence-corrected chi connectivity index (χ0v) is 17.1. The zero-order chi connectivity index (χ0) is 20.2. The lowest BCUT2D eigenvalue weighted by atomic mass is 9.96. The molecule has 1 fully saturated rings. The Kier molecular flexibility index (Phi) is 5.81. The van der Waals surface area contributed by atoms with Gasteiger partial charge >= 0.3 is 0 Å². The highest BCUT2D eigenvalue weighted by Crippen LogP contribution is 2.32. The van der Waals surface area contributed by atoms with Crippen LogP contribution in [0.5, 0.6) is 0 Å². The molecule has 0 amide bonds. The van der Waals surface area contributed by atoms with Crippen molar-refractivity contribution in [3.8, 4) is 0 Å². The van der Waals surface area contributed by atoms with Crippen LogP contribution in [0.1, 0.15) is 43.0 Å². The topological polar surface area (TPSA) is 62.1 Å². The van der Waals surface area contributed by atoms with E-state index in [2.05, 4.69) is 28.1 Å². The lowest BCUT2D eigenvalue weighted by Gasteiger charge is -2.26. The number of nitrogens with zero attached hydrogens (tertiary/aromatic N) is 1. The van der Waals surface area contributed by atoms with Gasteiger partial charge in [-0.15, -0.1) is 0 Å². The summed E-state index contributed by atoms with van der Waals surface area (Å²) >= 11 is 0. The first-order valence-corrected chi connectivity index (χ1v) is 10.5. The van der Waals surface area contributed by atoms with E-state index < -0.39 is 0 Å². The van der Waals surface area contributed by atoms with Crippen molar-refractivity contribution in [2.45, 2.75) is 32.6 Å². The van der Waals surface area contributed by atoms with Gasteiger partial charge in [-0.2, -0.15) is 0 Å². The molecule has 0 bridgehead atoms. The van der Waals surface area contributed by atoms with Gasteiger partial charge in [0.25, 0.3) is 0 Å². The van der Waals surface area contributed by atoms with Gasteiger partial charge in [-0.25, -0.2) is 0 Å². The first kappa shape index (κ1) is 19.5. The molecule has 3 aromatic rings. The summed E-state index contributed by atoms with van der Waals surface area (Å²) in [6.07, 6.45) is 4.79. The van der Waals surface area contributed by atoms with Crippen molar-refractivity contribution in [3.63, 3.8) is 0 Å². The van der Waals surface area contributed by atoms with E-state index in [4.69, 9.17) is 5.73 Å². The summed E-state index contributed by atoms with van der Waals surface area (Å²) in [5.74, 6) is -0.0165. The highest BCUT2D eigenvalue weighted by atomic mass is 16.1. The molecular weight excluding hydrogens is 358 g/mol. The van der Waals surface area contributed by atoms with Crippen molar-refractivity contribution in [2.24, 2.45) is 5.73 Å². The van der Waals surface area contributed by atoms with Crippen LogP contribution in [0, 0.1) is 0 Å². The van der Waals surface area contributed by atoms with Crippen molar-refractivity contribution < 1.29 is 4.79 Å². The highest BCUT2D eigenvalue weighted by Gasteiger charge is 2.22. The normalized spacial score (nSPS) is 16.0. The number of Topliss-reactive ketones (excluding diaryl/α,β-unsaturated/α-hetero) is 1. The van der Waals surface area contributed by atoms with Crippen molar-refractivity contribution in [1.29, 1.82) is 0 Å². The number of rotatable bonds is 6. The third kappa shape index (κ3) is 4.13. The van der Waals surface area contributed by atoms with E-state index in [1.807, 2.05) is 36.4 Å². The number of aromatic nitrogens is 1. The number of para-hydroxylation sites is 1. The molecule has 0 aliphatic carbocycles. The number of hydrogen-bond donors (Lipinski definition) is 2. The number of carbonyl (C=O) groups is 1. The Balaban J connectivity index is 1.79. The quantitative estimate of drug-likeness (QED) is 0.607. The minimum absolute atomic E-state index is 0.0165. The van der Waals surface area contributed by atoms with Gasteiger partial charge in [0.1, 0.15) is 0 Å². The number of nitrogens with two attached hydrogens (primary N) is 1. The summed E-state index contributed by atoms with van der Waals surface area (Å²) in [6, 6.07) is 18.0. The average Bonchev–Trinajstić information content (AvgIpc) is 3.11. The average molecular weight is 388 g/mol. The van der Waals surface area contributed by atoms with E-state index in [1.54, 1.807) is 6.92 Å². The predicted octanol–water partition coefficient (Wildman–Crippen LogP) is 4.61. The van der Waals surface area contributed by atoms with Crippen molar-refractivity contribution in [3.05, 3.63) is 71.4 Å². The lowest BCUT2D eigenvalue weighted by molar-refractivity contribution is -0.111. The number of aromatic amines is 1. The Morgan fingerprint density at radius 2 is 1.69 bits per heavy atom. The summed E-state index contributed by atoms with van der Waals surface area (Å²) in [5.41, 5.74) is 11.6. The predicted molar refractivity (Wildman–Crippen MR) is 120 cm³/mol. The molecule has 3 N–H and O–H groups in total. The van der Waals surface area contributed by atoms with Crippen LogP contribution in [-0.4, -0.2) is 35.3 Å². The molecule has 4 nitrogen and oxygen atoms in total. The van der Waals surface area contributed by atoms with Crippen molar-refractivity contribution in [1.82, 2.24) is 9.88 Å². The summed E-state index contributed by atoms with van der Waals surface area (Å²) < 4.78 is 0. The monoisotopic (exact) mass is 387 g/mol. The third-order valence-corrected chi connectivity index (χ3v) is 5.90. The summed E-state index contributed by atoms with van der Waals surface area (Å²) in [5, 5.41) is 1.18. The van der Waals surface area contributed by atoms with Crippen LogP contribution in [0.15, 0.2) is 54.6 Å². The van der Waals surface area contributed by atoms with Crippen LogP contribution >= 0.6 is 0 Å². The number of likely N-dealkylation sites (tertiary alicyclic amines) is 1. The maximum absolute atomic E-state index is 12.7. The standard InChI is InChI=1S/C25H29N3O/c1-18(29)23(24(26)19-10-4-2-5-11-19)25-21(14-17-28-15-8-3-9-16-28)20-12-6-7-13-22(20)27-25/h2,4-7,10-13,27H,3,8-9,14-17,26H2,1H3/b24-23-. The number of carbonyl (C=O) groups excluding carboxylic acids is 1. The van der Waals surface area contributed by atoms with Crippen molar-refractivity contribution in [2.75, 3.05) is 19.6 Å². The zero-order valence-electron chi connectivity index (χ0n) is 17.1. The fourth-order valence-electron chi connectivity index (χ4n) is 4.39. The Bertz CT molecular complexity index is 1030. The SMILES string of the molecule is CC(=O)/C(=C(/N)c1ccccc1)c1[nH]c2ccccc2c1CCN1CCCCC1. The smallest absolute Gasteiger partial charge is 0.164 e. The molecule has 150 valence electrons. The Hall–Kier alpha value is -2.85. The molecule has 0 spiro atoms. The molecule has 2 aromatic carbocycles. The van der Waals surface area contributed by atoms with Crippen LogP contribution in [-0.2, 0) is 11.2 Å². The van der Waals surface area contributed by atoms with Gasteiger partial charge in [0.2, 0.25) is 0 Å². The third-order valence-electron chi connectivity index (χ3n) is 5.90. The molecular formula is C25H29N3O. The number of piperidine rings is 1. The number of allylic oxidation sites excluding steroid dienone is 1. The molecule has 2 heterocycles. The van der Waals surface area contributed by atoms with E-state index in [0.717, 1.165) is 29.7 Å². The van der Waals surface area contributed by atoms with Crippen LogP contribution < -0.4 is 5.73 Å². The molecule has 1 aliphatic heterocycles. The number of hydrogen-bond acceptors (Lipinski definition) is 3. The van der Waals surface area contributed by atoms with Gasteiger partial charge in [-0.3, -0.25) is 4.79 Å². The van der Waals surface area contributed by atoms with Crippen molar-refractivity contribution >= 4 is 28.0 Å². The first-order valence-electron chi connectivity index (χ1n) is 10.5. The molecule has 4 heteroatoms. The number of ketones is 1. The lowest BCUT2D eigenvalue weighted by Crippen LogP contribution is -2.31. The van der Waals surface area contributed by atoms with E-state index in [1.165, 1.54) is 43.3 Å². The van der Waals surface area contributed by atoms with Gasteiger partial charge in [-0.05, 0) is 56.5 Å². The molecule has 0 radical (unpaired) electrons. The van der Waals surface area contributed by atoms with Gasteiger partial charge in [-0.1, -0.05) is 55.0 Å². The summed E-state index contributed by atoms with van der Waals surface area (Å²) in [7, 11) is 0. The maximum Gasteiger partial charge on any atom is 0.164 e. The largest absolute Gasteiger partial charge is 0.398 e. The molecule has 0 saturated carbocycles. The molecule has 0 atom stereocenters. The molecule has 4 rings (SSSR count). The summed E-state index contributed by atoms with van der Waals surface area (Å²) in [6.45, 7) is 4.94. The van der Waals surface area contributed by atoms with E-state index in [0.29, 0.717) is 11.3 Å². The number of nitrogens with one attached hydrogen (secondary N) is 1. The fraction of sp³-hybridized carbons (Fsp3) is 0.320. The summed E-state index contributed by atoms with van der Waals surface area (Å²) in [4.78, 5) is 18.8. The Morgan fingerprint density at radius 3 is 2.41 bits per heavy atom. The number of H-pyrrole nitrogens is 1. The minimum atomic E-state index is -0.0165. The molecule has 1 saturated heterocycles. The van der Waals surface area contributed by atoms with E-state index in [9.17, 15) is 4.79 Å². The Morgan fingerprint density at radius 1 is 1.00 bits per heavy atom. The van der Waals surface area contributed by atoms with Gasteiger partial charge < -0.3 is 15.6 Å². The molecule has 1 aromatic heterocycles. The minimum Gasteiger partial charge on any atom is -0.398 e. The maximum atomic E-state index is 12.7. The second-order valence-electron chi connectivity index (χ2n) is 7.89. The number of fused-ring (bicyclic) bond motifs is 1. The second-order valence-corrected chi connectivity index (χ2v) is 7.89. The first-order chi connectivity index (χ1) is 14.1. The second kappa shape index (κ2) is 8.66. The van der Waals surface area contributed by atoms with E-state index >= 15 is 0 Å². The highest BCUT2D eigenvalue weighted by molar-refractivity contribution is 6.27. The molecule has 29 heavy (non-hydrogen) atoms.